The molecule has 23 heavy (non-hydrogen) atoms. The van der Waals surface area contributed by atoms with Crippen LogP contribution >= 0.6 is 11.6 Å². The van der Waals surface area contributed by atoms with Crippen LogP contribution in [0.2, 0.25) is 5.02 Å². The van der Waals surface area contributed by atoms with Crippen molar-refractivity contribution in [2.45, 2.75) is 69.5 Å². The van der Waals surface area contributed by atoms with Gasteiger partial charge in [0.1, 0.15) is 0 Å². The summed E-state index contributed by atoms with van der Waals surface area (Å²) < 4.78 is 28.0. The lowest BCUT2D eigenvalue weighted by Gasteiger charge is -2.43. The number of likely N-dealkylation sites (tertiary alicyclic amines) is 1. The van der Waals surface area contributed by atoms with E-state index in [1.807, 2.05) is 13.8 Å². The molecule has 2 rings (SSSR count). The van der Waals surface area contributed by atoms with Crippen LogP contribution in [0.15, 0.2) is 29.2 Å². The van der Waals surface area contributed by atoms with E-state index in [2.05, 4.69) is 23.5 Å². The summed E-state index contributed by atoms with van der Waals surface area (Å²) in [6.45, 7) is 9.02. The number of hydrogen-bond acceptors (Lipinski definition) is 3. The summed E-state index contributed by atoms with van der Waals surface area (Å²) in [7, 11) is -3.56. The summed E-state index contributed by atoms with van der Waals surface area (Å²) in [5, 5.41) is 0.527. The molecule has 1 aliphatic rings. The predicted molar refractivity (Wildman–Crippen MR) is 95.3 cm³/mol. The summed E-state index contributed by atoms with van der Waals surface area (Å²) in [5.41, 5.74) is -0.543. The van der Waals surface area contributed by atoms with Crippen LogP contribution in [0.4, 0.5) is 0 Å². The SMILES string of the molecule is C[C@@H]1CCC[C@H](C)N1CC(C)(C)NS(=O)(=O)c1ccc(Cl)cc1. The summed E-state index contributed by atoms with van der Waals surface area (Å²) in [4.78, 5) is 2.66. The van der Waals surface area contributed by atoms with Crippen molar-refractivity contribution in [3.05, 3.63) is 29.3 Å². The highest BCUT2D eigenvalue weighted by Crippen LogP contribution is 2.25. The third-order valence-electron chi connectivity index (χ3n) is 4.49. The van der Waals surface area contributed by atoms with Gasteiger partial charge < -0.3 is 0 Å². The Labute approximate surface area is 145 Å². The Balaban J connectivity index is 2.11. The Morgan fingerprint density at radius 1 is 1.17 bits per heavy atom. The zero-order valence-electron chi connectivity index (χ0n) is 14.3. The molecule has 1 N–H and O–H groups in total. The lowest BCUT2D eigenvalue weighted by molar-refractivity contribution is 0.0790. The quantitative estimate of drug-likeness (QED) is 0.873. The third-order valence-corrected chi connectivity index (χ3v) is 6.45. The van der Waals surface area contributed by atoms with E-state index < -0.39 is 15.6 Å². The summed E-state index contributed by atoms with van der Waals surface area (Å²) in [6, 6.07) is 7.23. The molecule has 0 aromatic heterocycles. The minimum Gasteiger partial charge on any atom is -0.296 e. The molecule has 0 saturated carbocycles. The second-order valence-electron chi connectivity index (χ2n) is 7.24. The molecule has 2 atom stereocenters. The van der Waals surface area contributed by atoms with Gasteiger partial charge >= 0.3 is 0 Å². The smallest absolute Gasteiger partial charge is 0.241 e. The van der Waals surface area contributed by atoms with Crippen LogP contribution in [-0.2, 0) is 10.0 Å². The molecule has 0 bridgehead atoms. The Hall–Kier alpha value is -0.620. The molecule has 1 aromatic carbocycles. The van der Waals surface area contributed by atoms with Gasteiger partial charge in [-0.3, -0.25) is 4.90 Å². The number of piperidine rings is 1. The molecule has 1 aromatic rings. The van der Waals surface area contributed by atoms with E-state index in [9.17, 15) is 8.42 Å². The van der Waals surface area contributed by atoms with Gasteiger partial charge in [0.25, 0.3) is 0 Å². The van der Waals surface area contributed by atoms with Crippen molar-refractivity contribution in [3.8, 4) is 0 Å². The van der Waals surface area contributed by atoms with Gasteiger partial charge in [0.15, 0.2) is 0 Å². The molecule has 0 unspecified atom stereocenters. The van der Waals surface area contributed by atoms with Crippen LogP contribution in [0.1, 0.15) is 47.0 Å². The zero-order valence-corrected chi connectivity index (χ0v) is 15.9. The maximum absolute atomic E-state index is 12.6. The number of sulfonamides is 1. The molecular weight excluding hydrogens is 332 g/mol. The summed E-state index contributed by atoms with van der Waals surface area (Å²) in [6.07, 6.45) is 3.59. The Kier molecular flexibility index (Phi) is 5.77. The molecule has 6 heteroatoms. The number of nitrogens with one attached hydrogen (secondary N) is 1. The lowest BCUT2D eigenvalue weighted by Crippen LogP contribution is -2.56. The van der Waals surface area contributed by atoms with E-state index in [4.69, 9.17) is 11.6 Å². The Morgan fingerprint density at radius 2 is 1.70 bits per heavy atom. The standard InChI is InChI=1S/C17H27ClN2O2S/c1-13-6-5-7-14(2)20(13)12-17(3,4)19-23(21,22)16-10-8-15(18)9-11-16/h8-11,13-14,19H,5-7,12H2,1-4H3/t13-,14+. The highest BCUT2D eigenvalue weighted by Gasteiger charge is 2.33. The van der Waals surface area contributed by atoms with Crippen LogP contribution in [0.5, 0.6) is 0 Å². The average Bonchev–Trinajstić information content (AvgIpc) is 2.42. The fraction of sp³-hybridized carbons (Fsp3) is 0.647. The van der Waals surface area contributed by atoms with Crippen molar-refractivity contribution in [1.82, 2.24) is 9.62 Å². The largest absolute Gasteiger partial charge is 0.296 e. The van der Waals surface area contributed by atoms with Gasteiger partial charge in [-0.25, -0.2) is 13.1 Å². The first-order valence-corrected chi connectivity index (χ1v) is 10.0. The van der Waals surface area contributed by atoms with E-state index >= 15 is 0 Å². The van der Waals surface area contributed by atoms with Gasteiger partial charge in [0, 0.05) is 29.2 Å². The van der Waals surface area contributed by atoms with Crippen molar-refractivity contribution in [2.24, 2.45) is 0 Å². The van der Waals surface area contributed by atoms with E-state index in [1.54, 1.807) is 12.1 Å². The van der Waals surface area contributed by atoms with Crippen molar-refractivity contribution in [3.63, 3.8) is 0 Å². The van der Waals surface area contributed by atoms with Gasteiger partial charge in [-0.15, -0.1) is 0 Å². The molecule has 1 saturated heterocycles. The molecule has 1 heterocycles. The van der Waals surface area contributed by atoms with Gasteiger partial charge in [0.05, 0.1) is 4.90 Å². The molecule has 1 fully saturated rings. The maximum atomic E-state index is 12.6. The molecule has 0 radical (unpaired) electrons. The van der Waals surface area contributed by atoms with Crippen molar-refractivity contribution < 1.29 is 8.42 Å². The van der Waals surface area contributed by atoms with E-state index in [0.717, 1.165) is 0 Å². The average molecular weight is 359 g/mol. The molecule has 130 valence electrons. The van der Waals surface area contributed by atoms with Crippen LogP contribution < -0.4 is 4.72 Å². The van der Waals surface area contributed by atoms with E-state index in [0.29, 0.717) is 23.7 Å². The minimum absolute atomic E-state index is 0.245. The number of hydrogen-bond donors (Lipinski definition) is 1. The molecule has 0 amide bonds. The second kappa shape index (κ2) is 7.09. The first-order valence-electron chi connectivity index (χ1n) is 8.16. The monoisotopic (exact) mass is 358 g/mol. The second-order valence-corrected chi connectivity index (χ2v) is 9.36. The Bertz CT molecular complexity index is 618. The van der Waals surface area contributed by atoms with Crippen LogP contribution in [-0.4, -0.2) is 37.5 Å². The molecular formula is C17H27ClN2O2S. The van der Waals surface area contributed by atoms with Gasteiger partial charge in [0.2, 0.25) is 10.0 Å². The van der Waals surface area contributed by atoms with E-state index in [1.165, 1.54) is 31.4 Å². The molecule has 0 aliphatic carbocycles. The van der Waals surface area contributed by atoms with Crippen LogP contribution in [0.3, 0.4) is 0 Å². The Morgan fingerprint density at radius 3 is 2.22 bits per heavy atom. The predicted octanol–water partition coefficient (Wildman–Crippen LogP) is 3.66. The molecule has 0 spiro atoms. The van der Waals surface area contributed by atoms with Gasteiger partial charge in [-0.1, -0.05) is 18.0 Å². The highest BCUT2D eigenvalue weighted by molar-refractivity contribution is 7.89. The number of rotatable bonds is 5. The maximum Gasteiger partial charge on any atom is 0.241 e. The lowest BCUT2D eigenvalue weighted by atomic mass is 9.94. The van der Waals surface area contributed by atoms with Gasteiger partial charge in [-0.2, -0.15) is 0 Å². The van der Waals surface area contributed by atoms with E-state index in [-0.39, 0.29) is 4.90 Å². The zero-order chi connectivity index (χ0) is 17.3. The first kappa shape index (κ1) is 18.7. The number of halogens is 1. The molecule has 4 nitrogen and oxygen atoms in total. The molecule has 1 aliphatic heterocycles. The van der Waals surface area contributed by atoms with Crippen molar-refractivity contribution >= 4 is 21.6 Å². The summed E-state index contributed by atoms with van der Waals surface area (Å²) in [5.74, 6) is 0. The first-order chi connectivity index (χ1) is 10.6. The number of nitrogens with zero attached hydrogens (tertiary/aromatic N) is 1. The highest BCUT2D eigenvalue weighted by atomic mass is 35.5. The fourth-order valence-corrected chi connectivity index (χ4v) is 4.84. The fourth-order valence-electron chi connectivity index (χ4n) is 3.31. The third kappa shape index (κ3) is 4.92. The minimum atomic E-state index is -3.56. The topological polar surface area (TPSA) is 49.4 Å². The normalized spacial score (nSPS) is 23.9. The number of benzene rings is 1. The van der Waals surface area contributed by atoms with Crippen LogP contribution in [0, 0.1) is 0 Å². The van der Waals surface area contributed by atoms with Crippen molar-refractivity contribution in [1.29, 1.82) is 0 Å². The van der Waals surface area contributed by atoms with Gasteiger partial charge in [-0.05, 0) is 64.8 Å². The van der Waals surface area contributed by atoms with Crippen molar-refractivity contribution in [2.75, 3.05) is 6.54 Å². The van der Waals surface area contributed by atoms with Crippen LogP contribution in [0.25, 0.3) is 0 Å². The summed E-state index contributed by atoms with van der Waals surface area (Å²) >= 11 is 5.83.